The Morgan fingerprint density at radius 3 is 2.45 bits per heavy atom. The van der Waals surface area contributed by atoms with E-state index in [0.29, 0.717) is 12.5 Å². The zero-order valence-corrected chi connectivity index (χ0v) is 13.1. The van der Waals surface area contributed by atoms with Gasteiger partial charge in [0, 0.05) is 20.1 Å². The Kier molecular flexibility index (Phi) is 5.39. The summed E-state index contributed by atoms with van der Waals surface area (Å²) in [6, 6.07) is -1.20. The molecule has 0 aromatic carbocycles. The molecule has 0 aliphatic carbocycles. The lowest BCUT2D eigenvalue weighted by atomic mass is 9.87. The summed E-state index contributed by atoms with van der Waals surface area (Å²) in [5, 5.41) is 11.8. The topological polar surface area (TPSA) is 72.9 Å². The number of hydrogen-bond donors (Lipinski definition) is 2. The molecule has 2 atom stereocenters. The number of urea groups is 1. The van der Waals surface area contributed by atoms with E-state index in [4.69, 9.17) is 0 Å². The highest BCUT2D eigenvalue weighted by Gasteiger charge is 2.33. The summed E-state index contributed by atoms with van der Waals surface area (Å²) in [7, 11) is 3.79. The fraction of sp³-hybridized carbons (Fsp3) is 0.857. The second-order valence-corrected chi connectivity index (χ2v) is 6.88. The van der Waals surface area contributed by atoms with E-state index < -0.39 is 17.4 Å². The van der Waals surface area contributed by atoms with Gasteiger partial charge in [0.1, 0.15) is 6.04 Å². The van der Waals surface area contributed by atoms with Crippen LogP contribution in [0.25, 0.3) is 0 Å². The van der Waals surface area contributed by atoms with E-state index in [2.05, 4.69) is 17.3 Å². The van der Waals surface area contributed by atoms with Gasteiger partial charge in [-0.15, -0.1) is 0 Å². The number of hydrogen-bond acceptors (Lipinski definition) is 3. The Labute approximate surface area is 121 Å². The lowest BCUT2D eigenvalue weighted by Crippen LogP contribution is -2.53. The fourth-order valence-corrected chi connectivity index (χ4v) is 2.53. The van der Waals surface area contributed by atoms with Crippen LogP contribution in [-0.2, 0) is 4.79 Å². The number of carbonyl (C=O) groups is 2. The first-order valence-corrected chi connectivity index (χ1v) is 7.04. The predicted molar refractivity (Wildman–Crippen MR) is 77.6 cm³/mol. The monoisotopic (exact) mass is 285 g/mol. The number of carboxylic acid groups (broad SMARTS) is 1. The van der Waals surface area contributed by atoms with E-state index in [1.165, 1.54) is 0 Å². The Hall–Kier alpha value is -1.30. The molecule has 0 saturated carbocycles. The molecule has 0 aromatic rings. The van der Waals surface area contributed by atoms with Crippen molar-refractivity contribution in [3.05, 3.63) is 0 Å². The fourth-order valence-electron chi connectivity index (χ4n) is 2.53. The Bertz CT molecular complexity index is 365. The van der Waals surface area contributed by atoms with Crippen LogP contribution in [0.2, 0.25) is 0 Å². The zero-order chi connectivity index (χ0) is 15.5. The first-order valence-electron chi connectivity index (χ1n) is 7.04. The van der Waals surface area contributed by atoms with Gasteiger partial charge >= 0.3 is 12.0 Å². The van der Waals surface area contributed by atoms with Crippen molar-refractivity contribution in [3.8, 4) is 0 Å². The van der Waals surface area contributed by atoms with E-state index in [0.717, 1.165) is 19.5 Å². The third-order valence-corrected chi connectivity index (χ3v) is 3.75. The zero-order valence-electron chi connectivity index (χ0n) is 13.1. The number of likely N-dealkylation sites (tertiary alicyclic amines) is 1. The van der Waals surface area contributed by atoms with Gasteiger partial charge in [0.05, 0.1) is 0 Å². The van der Waals surface area contributed by atoms with Gasteiger partial charge in [-0.1, -0.05) is 20.8 Å². The van der Waals surface area contributed by atoms with Crippen LogP contribution in [0.3, 0.4) is 0 Å². The van der Waals surface area contributed by atoms with Gasteiger partial charge < -0.3 is 20.2 Å². The van der Waals surface area contributed by atoms with Crippen LogP contribution in [0, 0.1) is 11.3 Å². The minimum Gasteiger partial charge on any atom is -0.480 e. The summed E-state index contributed by atoms with van der Waals surface area (Å²) >= 11 is 0. The molecular weight excluding hydrogens is 258 g/mol. The highest BCUT2D eigenvalue weighted by atomic mass is 16.4. The van der Waals surface area contributed by atoms with Gasteiger partial charge in [-0.2, -0.15) is 0 Å². The Morgan fingerprint density at radius 1 is 1.45 bits per heavy atom. The second-order valence-electron chi connectivity index (χ2n) is 6.88. The molecule has 0 bridgehead atoms. The number of carboxylic acids is 1. The molecule has 1 saturated heterocycles. The lowest BCUT2D eigenvalue weighted by molar-refractivity contribution is -0.142. The average molecular weight is 285 g/mol. The summed E-state index contributed by atoms with van der Waals surface area (Å²) in [5.41, 5.74) is -0.518. The van der Waals surface area contributed by atoms with E-state index in [1.807, 2.05) is 0 Å². The quantitative estimate of drug-likeness (QED) is 0.810. The molecule has 6 nitrogen and oxygen atoms in total. The molecule has 1 aliphatic rings. The molecule has 20 heavy (non-hydrogen) atoms. The van der Waals surface area contributed by atoms with Gasteiger partial charge in [-0.25, -0.2) is 9.59 Å². The molecule has 116 valence electrons. The third kappa shape index (κ3) is 4.67. The molecule has 2 amide bonds. The third-order valence-electron chi connectivity index (χ3n) is 3.75. The van der Waals surface area contributed by atoms with Crippen LogP contribution in [-0.4, -0.2) is 66.7 Å². The summed E-state index contributed by atoms with van der Waals surface area (Å²) in [6.07, 6.45) is 1.08. The van der Waals surface area contributed by atoms with Crippen molar-refractivity contribution in [1.82, 2.24) is 15.1 Å². The molecule has 1 heterocycles. The largest absolute Gasteiger partial charge is 0.480 e. The summed E-state index contributed by atoms with van der Waals surface area (Å²) in [5.74, 6) is -0.534. The van der Waals surface area contributed by atoms with Crippen LogP contribution in [0.5, 0.6) is 0 Å². The summed E-state index contributed by atoms with van der Waals surface area (Å²) in [6.45, 7) is 8.11. The van der Waals surface area contributed by atoms with Gasteiger partial charge in [0.15, 0.2) is 0 Å². The van der Waals surface area contributed by atoms with Crippen molar-refractivity contribution in [2.45, 2.75) is 33.2 Å². The first-order chi connectivity index (χ1) is 9.11. The first kappa shape index (κ1) is 16.8. The molecule has 1 rings (SSSR count). The summed E-state index contributed by atoms with van der Waals surface area (Å²) in [4.78, 5) is 27.2. The number of nitrogens with zero attached hydrogens (tertiary/aromatic N) is 2. The Morgan fingerprint density at radius 2 is 2.05 bits per heavy atom. The maximum Gasteiger partial charge on any atom is 0.326 e. The molecular formula is C14H27N3O3. The van der Waals surface area contributed by atoms with Crippen LogP contribution in [0.4, 0.5) is 4.79 Å². The van der Waals surface area contributed by atoms with Gasteiger partial charge in [0.2, 0.25) is 0 Å². The number of rotatable bonds is 4. The van der Waals surface area contributed by atoms with E-state index in [9.17, 15) is 14.7 Å². The number of aliphatic carboxylic acids is 1. The van der Waals surface area contributed by atoms with E-state index >= 15 is 0 Å². The predicted octanol–water partition coefficient (Wildman–Crippen LogP) is 1.08. The van der Waals surface area contributed by atoms with Crippen molar-refractivity contribution < 1.29 is 14.7 Å². The normalized spacial score (nSPS) is 21.6. The molecule has 6 heteroatoms. The molecule has 2 unspecified atom stereocenters. The summed E-state index contributed by atoms with van der Waals surface area (Å²) < 4.78 is 0. The highest BCUT2D eigenvalue weighted by molar-refractivity contribution is 5.83. The van der Waals surface area contributed by atoms with Gasteiger partial charge in [-0.3, -0.25) is 0 Å². The van der Waals surface area contributed by atoms with Crippen molar-refractivity contribution >= 4 is 12.0 Å². The number of nitrogens with one attached hydrogen (secondary N) is 1. The highest BCUT2D eigenvalue weighted by Crippen LogP contribution is 2.20. The van der Waals surface area contributed by atoms with E-state index in [-0.39, 0.29) is 6.03 Å². The van der Waals surface area contributed by atoms with Crippen LogP contribution < -0.4 is 5.32 Å². The lowest BCUT2D eigenvalue weighted by Gasteiger charge is -2.30. The smallest absolute Gasteiger partial charge is 0.326 e. The molecule has 1 fully saturated rings. The number of carbonyl (C=O) groups excluding carboxylic acids is 1. The van der Waals surface area contributed by atoms with Gasteiger partial charge in [-0.05, 0) is 31.3 Å². The maximum atomic E-state index is 12.1. The molecule has 0 spiro atoms. The van der Waals surface area contributed by atoms with Crippen LogP contribution in [0.15, 0.2) is 0 Å². The van der Waals surface area contributed by atoms with Crippen molar-refractivity contribution in [2.24, 2.45) is 11.3 Å². The SMILES string of the molecule is CN1CCC(CN(C)C(=O)NC(C(=O)O)C(C)(C)C)C1. The minimum atomic E-state index is -1.00. The number of amides is 2. The second kappa shape index (κ2) is 6.43. The van der Waals surface area contributed by atoms with Crippen LogP contribution in [0.1, 0.15) is 27.2 Å². The standard InChI is InChI=1S/C14H27N3O3/c1-14(2,3)11(12(18)19)15-13(20)17(5)9-10-6-7-16(4)8-10/h10-11H,6-9H2,1-5H3,(H,15,20)(H,18,19). The molecule has 0 aromatic heterocycles. The Balaban J connectivity index is 2.54. The molecule has 0 radical (unpaired) electrons. The van der Waals surface area contributed by atoms with Crippen molar-refractivity contribution in [2.75, 3.05) is 33.7 Å². The van der Waals surface area contributed by atoms with Crippen molar-refractivity contribution in [1.29, 1.82) is 0 Å². The minimum absolute atomic E-state index is 0.318. The average Bonchev–Trinajstić information content (AvgIpc) is 2.69. The molecule has 1 aliphatic heterocycles. The maximum absolute atomic E-state index is 12.1. The van der Waals surface area contributed by atoms with E-state index in [1.54, 1.807) is 32.7 Å². The molecule has 2 N–H and O–H groups in total. The van der Waals surface area contributed by atoms with Crippen LogP contribution >= 0.6 is 0 Å². The van der Waals surface area contributed by atoms with Crippen molar-refractivity contribution in [3.63, 3.8) is 0 Å². The van der Waals surface area contributed by atoms with Gasteiger partial charge in [0.25, 0.3) is 0 Å².